The molecule has 9 heteroatoms. The van der Waals surface area contributed by atoms with Crippen molar-refractivity contribution in [3.63, 3.8) is 0 Å². The molecule has 0 aliphatic carbocycles. The first-order valence-corrected chi connectivity index (χ1v) is 12.2. The molecule has 29 heavy (non-hydrogen) atoms. The minimum atomic E-state index is -1.12. The van der Waals surface area contributed by atoms with Gasteiger partial charge in [0.25, 0.3) is 0 Å². The zero-order valence-corrected chi connectivity index (χ0v) is 19.3. The van der Waals surface area contributed by atoms with Crippen molar-refractivity contribution in [2.45, 2.75) is 37.0 Å². The first-order chi connectivity index (χ1) is 13.9. The van der Waals surface area contributed by atoms with Crippen LogP contribution in [0.15, 0.2) is 34.8 Å². The molecule has 7 nitrogen and oxygen atoms in total. The van der Waals surface area contributed by atoms with E-state index < -0.39 is 10.8 Å². The number of nitrogens with zero attached hydrogens (tertiary/aromatic N) is 6. The molecule has 0 N–H and O–H groups in total. The Hall–Kier alpha value is -2.26. The van der Waals surface area contributed by atoms with Crippen molar-refractivity contribution < 1.29 is 4.21 Å². The Balaban J connectivity index is 0.000000166. The highest BCUT2D eigenvalue weighted by atomic mass is 32.2. The Bertz CT molecular complexity index is 1180. The Morgan fingerprint density at radius 1 is 0.931 bits per heavy atom. The van der Waals surface area contributed by atoms with E-state index in [0.717, 1.165) is 40.1 Å². The van der Waals surface area contributed by atoms with Crippen LogP contribution in [0.3, 0.4) is 0 Å². The monoisotopic (exact) mass is 430 g/mol. The van der Waals surface area contributed by atoms with Gasteiger partial charge in [0, 0.05) is 54.9 Å². The second-order valence-electron chi connectivity index (χ2n) is 6.62. The van der Waals surface area contributed by atoms with Gasteiger partial charge in [0.2, 0.25) is 5.16 Å². The van der Waals surface area contributed by atoms with Crippen LogP contribution in [0.1, 0.15) is 25.2 Å². The van der Waals surface area contributed by atoms with Crippen LogP contribution in [0.2, 0.25) is 0 Å². The average Bonchev–Trinajstić information content (AvgIpc) is 3.24. The predicted molar refractivity (Wildman–Crippen MR) is 120 cm³/mol. The molecule has 0 saturated carbocycles. The number of aryl methyl sites for hydroxylation is 4. The highest BCUT2D eigenvalue weighted by molar-refractivity contribution is 7.98. The Kier molecular flexibility index (Phi) is 6.69. The average molecular weight is 431 g/mol. The van der Waals surface area contributed by atoms with Gasteiger partial charge in [0.05, 0.1) is 10.8 Å². The maximum absolute atomic E-state index is 11.3. The SMILES string of the molecule is CCc1cc2cnc(S(C)=O)nc2n1C.CCc1cc2cnc(SC)nc2n1C. The van der Waals surface area contributed by atoms with Crippen LogP contribution in [-0.2, 0) is 37.7 Å². The lowest BCUT2D eigenvalue weighted by Crippen LogP contribution is -2.00. The van der Waals surface area contributed by atoms with E-state index >= 15 is 0 Å². The van der Waals surface area contributed by atoms with Gasteiger partial charge in [-0.1, -0.05) is 25.6 Å². The third kappa shape index (κ3) is 4.35. The topological polar surface area (TPSA) is 78.5 Å². The lowest BCUT2D eigenvalue weighted by molar-refractivity contribution is 0.680. The summed E-state index contributed by atoms with van der Waals surface area (Å²) >= 11 is 1.57. The van der Waals surface area contributed by atoms with Gasteiger partial charge in [-0.15, -0.1) is 0 Å². The third-order valence-corrected chi connectivity index (χ3v) is 6.13. The van der Waals surface area contributed by atoms with E-state index in [-0.39, 0.29) is 0 Å². The molecule has 4 heterocycles. The van der Waals surface area contributed by atoms with Gasteiger partial charge < -0.3 is 9.13 Å². The molecule has 0 aliphatic heterocycles. The van der Waals surface area contributed by atoms with Crippen molar-refractivity contribution in [1.82, 2.24) is 29.1 Å². The molecule has 4 rings (SSSR count). The molecule has 0 saturated heterocycles. The molecule has 4 aromatic heterocycles. The highest BCUT2D eigenvalue weighted by Gasteiger charge is 2.09. The highest BCUT2D eigenvalue weighted by Crippen LogP contribution is 2.19. The number of fused-ring (bicyclic) bond motifs is 2. The molecule has 4 aromatic rings. The van der Waals surface area contributed by atoms with E-state index in [2.05, 4.69) is 57.5 Å². The fraction of sp³-hybridized carbons (Fsp3) is 0.400. The van der Waals surface area contributed by atoms with Gasteiger partial charge in [-0.05, 0) is 31.2 Å². The first kappa shape index (κ1) is 21.4. The second kappa shape index (κ2) is 9.04. The van der Waals surface area contributed by atoms with E-state index in [0.29, 0.717) is 5.16 Å². The smallest absolute Gasteiger partial charge is 0.220 e. The molecule has 0 aliphatic rings. The fourth-order valence-electron chi connectivity index (χ4n) is 3.21. The number of hydrogen-bond acceptors (Lipinski definition) is 6. The van der Waals surface area contributed by atoms with Crippen molar-refractivity contribution >= 4 is 44.6 Å². The number of aromatic nitrogens is 6. The van der Waals surface area contributed by atoms with Gasteiger partial charge in [0.15, 0.2) is 5.16 Å². The Labute approximate surface area is 177 Å². The molecular weight excluding hydrogens is 404 g/mol. The molecule has 0 aromatic carbocycles. The van der Waals surface area contributed by atoms with Gasteiger partial charge >= 0.3 is 0 Å². The normalized spacial score (nSPS) is 12.2. The summed E-state index contributed by atoms with van der Waals surface area (Å²) < 4.78 is 15.4. The molecule has 154 valence electrons. The summed E-state index contributed by atoms with van der Waals surface area (Å²) in [5.41, 5.74) is 4.39. The van der Waals surface area contributed by atoms with E-state index in [4.69, 9.17) is 0 Å². The van der Waals surface area contributed by atoms with Gasteiger partial charge in [0.1, 0.15) is 11.3 Å². The molecule has 1 unspecified atom stereocenters. The van der Waals surface area contributed by atoms with Crippen LogP contribution in [0.4, 0.5) is 0 Å². The van der Waals surface area contributed by atoms with Gasteiger partial charge in [-0.25, -0.2) is 19.9 Å². The summed E-state index contributed by atoms with van der Waals surface area (Å²) in [6, 6.07) is 4.22. The molecule has 0 radical (unpaired) electrons. The summed E-state index contributed by atoms with van der Waals surface area (Å²) in [6.45, 7) is 4.25. The van der Waals surface area contributed by atoms with E-state index in [9.17, 15) is 4.21 Å². The minimum Gasteiger partial charge on any atom is -0.333 e. The van der Waals surface area contributed by atoms with Crippen molar-refractivity contribution in [1.29, 1.82) is 0 Å². The maximum Gasteiger partial charge on any atom is 0.220 e. The second-order valence-corrected chi connectivity index (χ2v) is 8.66. The van der Waals surface area contributed by atoms with Crippen molar-refractivity contribution in [2.24, 2.45) is 14.1 Å². The standard InChI is InChI=1S/C10H13N3OS.C10H13N3S/c1-4-8-5-7-6-11-10(15(3)14)12-9(7)13(8)2;1-4-8-5-7-6-11-10(14-3)12-9(7)13(8)2/h5-6H,4H2,1-3H3;5-6H,4H2,1-3H3. The minimum absolute atomic E-state index is 0.395. The van der Waals surface area contributed by atoms with Crippen LogP contribution in [0, 0.1) is 0 Å². The zero-order chi connectivity index (χ0) is 21.1. The van der Waals surface area contributed by atoms with E-state index in [1.54, 1.807) is 24.2 Å². The number of hydrogen-bond donors (Lipinski definition) is 0. The van der Waals surface area contributed by atoms with Crippen LogP contribution in [0.5, 0.6) is 0 Å². The van der Waals surface area contributed by atoms with Crippen LogP contribution in [0.25, 0.3) is 22.1 Å². The number of thioether (sulfide) groups is 1. The van der Waals surface area contributed by atoms with E-state index in [1.807, 2.05) is 24.1 Å². The molecule has 0 fully saturated rings. The lowest BCUT2D eigenvalue weighted by atomic mass is 10.3. The van der Waals surface area contributed by atoms with Crippen molar-refractivity contribution in [3.8, 4) is 0 Å². The van der Waals surface area contributed by atoms with Crippen LogP contribution >= 0.6 is 11.8 Å². The van der Waals surface area contributed by atoms with Gasteiger partial charge in [-0.3, -0.25) is 4.21 Å². The molecule has 0 amide bonds. The first-order valence-electron chi connectivity index (χ1n) is 9.39. The third-order valence-electron chi connectivity index (χ3n) is 4.85. The molecular formula is C20H26N6OS2. The molecule has 0 spiro atoms. The maximum atomic E-state index is 11.3. The van der Waals surface area contributed by atoms with Crippen molar-refractivity contribution in [3.05, 3.63) is 35.9 Å². The van der Waals surface area contributed by atoms with Crippen molar-refractivity contribution in [2.75, 3.05) is 12.5 Å². The van der Waals surface area contributed by atoms with Crippen LogP contribution < -0.4 is 0 Å². The fourth-order valence-corrected chi connectivity index (χ4v) is 3.97. The lowest BCUT2D eigenvalue weighted by Gasteiger charge is -2.00. The number of rotatable bonds is 4. The summed E-state index contributed by atoms with van der Waals surface area (Å²) in [5, 5.41) is 3.36. The summed E-state index contributed by atoms with van der Waals surface area (Å²) in [7, 11) is 2.90. The zero-order valence-electron chi connectivity index (χ0n) is 17.6. The quantitative estimate of drug-likeness (QED) is 0.364. The Morgan fingerprint density at radius 3 is 1.93 bits per heavy atom. The summed E-state index contributed by atoms with van der Waals surface area (Å²) in [5.74, 6) is 0. The predicted octanol–water partition coefficient (Wildman–Crippen LogP) is 3.52. The summed E-state index contributed by atoms with van der Waals surface area (Å²) in [4.78, 5) is 17.1. The largest absolute Gasteiger partial charge is 0.333 e. The van der Waals surface area contributed by atoms with E-state index in [1.165, 1.54) is 11.4 Å². The molecule has 0 bridgehead atoms. The Morgan fingerprint density at radius 2 is 1.45 bits per heavy atom. The molecule has 1 atom stereocenters. The summed E-state index contributed by atoms with van der Waals surface area (Å²) in [6.07, 6.45) is 9.19. The van der Waals surface area contributed by atoms with Crippen LogP contribution in [-0.4, -0.2) is 45.8 Å². The van der Waals surface area contributed by atoms with Gasteiger partial charge in [-0.2, -0.15) is 0 Å².